The highest BCUT2D eigenvalue weighted by atomic mass is 32.2. The van der Waals surface area contributed by atoms with Crippen molar-refractivity contribution in [2.24, 2.45) is 0 Å². The summed E-state index contributed by atoms with van der Waals surface area (Å²) in [6, 6.07) is 6.76. The van der Waals surface area contributed by atoms with E-state index >= 15 is 0 Å². The van der Waals surface area contributed by atoms with E-state index in [0.717, 1.165) is 12.0 Å². The zero-order valence-electron chi connectivity index (χ0n) is 11.9. The number of benzene rings is 1. The Morgan fingerprint density at radius 2 is 1.84 bits per heavy atom. The van der Waals surface area contributed by atoms with Crippen LogP contribution >= 0.6 is 0 Å². The van der Waals surface area contributed by atoms with Crippen LogP contribution in [0.3, 0.4) is 0 Å². The molecule has 1 rings (SSSR count). The summed E-state index contributed by atoms with van der Waals surface area (Å²) in [5.74, 6) is 0. The van der Waals surface area contributed by atoms with Gasteiger partial charge in [-0.3, -0.25) is 5.48 Å². The third kappa shape index (κ3) is 4.08. The van der Waals surface area contributed by atoms with Crippen LogP contribution in [0.15, 0.2) is 41.4 Å². The lowest BCUT2D eigenvalue weighted by Crippen LogP contribution is -2.19. The van der Waals surface area contributed by atoms with E-state index in [1.807, 2.05) is 12.1 Å². The van der Waals surface area contributed by atoms with Gasteiger partial charge in [-0.05, 0) is 36.5 Å². The highest BCUT2D eigenvalue weighted by molar-refractivity contribution is 7.86. The van der Waals surface area contributed by atoms with Crippen molar-refractivity contribution < 1.29 is 12.7 Å². The quantitative estimate of drug-likeness (QED) is 0.815. The number of hydrogen-bond acceptors (Lipinski definition) is 4. The summed E-state index contributed by atoms with van der Waals surface area (Å²) < 4.78 is 28.3. The van der Waals surface area contributed by atoms with E-state index in [1.165, 1.54) is 0 Å². The average molecular weight is 283 g/mol. The fourth-order valence-electron chi connectivity index (χ4n) is 1.45. The van der Waals surface area contributed by atoms with Gasteiger partial charge >= 0.3 is 10.1 Å². The first-order valence-electron chi connectivity index (χ1n) is 6.14. The second kappa shape index (κ2) is 5.75. The molecule has 106 valence electrons. The molecule has 0 bridgehead atoms. The zero-order valence-corrected chi connectivity index (χ0v) is 12.7. The van der Waals surface area contributed by atoms with Crippen LogP contribution in [-0.2, 0) is 19.8 Å². The Morgan fingerprint density at radius 3 is 2.26 bits per heavy atom. The Balaban J connectivity index is 2.96. The maximum absolute atomic E-state index is 11.8. The van der Waals surface area contributed by atoms with Gasteiger partial charge in [0.1, 0.15) is 0 Å². The number of hydrogen-bond donors (Lipinski definition) is 1. The van der Waals surface area contributed by atoms with Crippen molar-refractivity contribution in [2.75, 3.05) is 0 Å². The SMILES string of the molecule is C=C(C)NOS(=O)(=O)c1ccc(C(C)(C)CC)cc1. The standard InChI is InChI=1S/C14H21NO3S/c1-6-14(4,5)12-7-9-13(10-8-12)19(16,17)18-15-11(2)3/h7-10,15H,2,6H2,1,3-5H3. The maximum Gasteiger partial charge on any atom is 0.317 e. The molecular formula is C14H21NO3S. The van der Waals surface area contributed by atoms with E-state index in [2.05, 4.69) is 37.1 Å². The summed E-state index contributed by atoms with van der Waals surface area (Å²) in [7, 11) is -3.80. The Bertz CT molecular complexity index is 545. The molecule has 0 atom stereocenters. The van der Waals surface area contributed by atoms with Crippen LogP contribution in [0.25, 0.3) is 0 Å². The highest BCUT2D eigenvalue weighted by Crippen LogP contribution is 2.27. The van der Waals surface area contributed by atoms with E-state index in [1.54, 1.807) is 19.1 Å². The molecule has 0 saturated carbocycles. The molecule has 19 heavy (non-hydrogen) atoms. The summed E-state index contributed by atoms with van der Waals surface area (Å²) in [4.78, 5) is 0.122. The second-order valence-corrected chi connectivity index (χ2v) is 6.73. The Morgan fingerprint density at radius 1 is 1.32 bits per heavy atom. The molecule has 0 amide bonds. The molecule has 0 aliphatic rings. The van der Waals surface area contributed by atoms with Crippen LogP contribution in [0.2, 0.25) is 0 Å². The van der Waals surface area contributed by atoms with E-state index in [0.29, 0.717) is 5.70 Å². The molecule has 0 fully saturated rings. The zero-order chi connectivity index (χ0) is 14.7. The normalized spacial score (nSPS) is 12.2. The predicted octanol–water partition coefficient (Wildman–Crippen LogP) is 3.12. The van der Waals surface area contributed by atoms with Gasteiger partial charge in [0.2, 0.25) is 0 Å². The first-order valence-corrected chi connectivity index (χ1v) is 7.55. The molecule has 1 N–H and O–H groups in total. The third-order valence-electron chi connectivity index (χ3n) is 3.13. The molecule has 0 unspecified atom stereocenters. The monoisotopic (exact) mass is 283 g/mol. The predicted molar refractivity (Wildman–Crippen MR) is 76.0 cm³/mol. The second-order valence-electron chi connectivity index (χ2n) is 5.18. The fraction of sp³-hybridized carbons (Fsp3) is 0.429. The van der Waals surface area contributed by atoms with Crippen molar-refractivity contribution in [3.63, 3.8) is 0 Å². The van der Waals surface area contributed by atoms with Gasteiger partial charge in [0.05, 0.1) is 4.90 Å². The van der Waals surface area contributed by atoms with Crippen LogP contribution < -0.4 is 5.48 Å². The molecule has 0 radical (unpaired) electrons. The van der Waals surface area contributed by atoms with Gasteiger partial charge in [-0.2, -0.15) is 8.42 Å². The Labute approximate surface area is 115 Å². The summed E-state index contributed by atoms with van der Waals surface area (Å²) >= 11 is 0. The van der Waals surface area contributed by atoms with Crippen molar-refractivity contribution in [1.29, 1.82) is 0 Å². The van der Waals surface area contributed by atoms with E-state index in [-0.39, 0.29) is 10.3 Å². The number of allylic oxidation sites excluding steroid dienone is 1. The maximum atomic E-state index is 11.8. The smallest absolute Gasteiger partial charge is 0.254 e. The van der Waals surface area contributed by atoms with Crippen molar-refractivity contribution in [1.82, 2.24) is 5.48 Å². The molecule has 0 saturated heterocycles. The first kappa shape index (κ1) is 15.7. The lowest BCUT2D eigenvalue weighted by atomic mass is 9.82. The Hall–Kier alpha value is -1.33. The van der Waals surface area contributed by atoms with Crippen molar-refractivity contribution >= 4 is 10.1 Å². The lowest BCUT2D eigenvalue weighted by Gasteiger charge is -2.23. The van der Waals surface area contributed by atoms with E-state index < -0.39 is 10.1 Å². The molecule has 1 aromatic rings. The molecule has 5 heteroatoms. The summed E-state index contributed by atoms with van der Waals surface area (Å²) in [5, 5.41) is 0. The molecular weight excluding hydrogens is 262 g/mol. The molecule has 1 aromatic carbocycles. The average Bonchev–Trinajstić information content (AvgIpc) is 2.37. The molecule has 0 aliphatic carbocycles. The molecule has 4 nitrogen and oxygen atoms in total. The van der Waals surface area contributed by atoms with E-state index in [9.17, 15) is 8.42 Å². The minimum absolute atomic E-state index is 0.0269. The van der Waals surface area contributed by atoms with Crippen LogP contribution in [-0.4, -0.2) is 8.42 Å². The van der Waals surface area contributed by atoms with Crippen molar-refractivity contribution in [3.8, 4) is 0 Å². The minimum atomic E-state index is -3.80. The Kier molecular flexibility index (Phi) is 4.76. The number of hydroxylamine groups is 1. The third-order valence-corrected chi connectivity index (χ3v) is 4.29. The van der Waals surface area contributed by atoms with Crippen LogP contribution in [0.1, 0.15) is 39.7 Å². The van der Waals surface area contributed by atoms with Gasteiger partial charge < -0.3 is 0 Å². The van der Waals surface area contributed by atoms with Gasteiger partial charge in [-0.15, -0.1) is 4.28 Å². The summed E-state index contributed by atoms with van der Waals surface area (Å²) in [6.07, 6.45) is 0.979. The van der Waals surface area contributed by atoms with Gasteiger partial charge in [0.15, 0.2) is 0 Å². The highest BCUT2D eigenvalue weighted by Gasteiger charge is 2.20. The topological polar surface area (TPSA) is 55.4 Å². The van der Waals surface area contributed by atoms with E-state index in [4.69, 9.17) is 0 Å². The number of rotatable bonds is 6. The molecule has 0 spiro atoms. The fourth-order valence-corrected chi connectivity index (χ4v) is 2.27. The molecule has 0 aromatic heterocycles. The molecule has 0 heterocycles. The van der Waals surface area contributed by atoms with Crippen LogP contribution in [0.5, 0.6) is 0 Å². The van der Waals surface area contributed by atoms with Gasteiger partial charge in [0, 0.05) is 5.70 Å². The van der Waals surface area contributed by atoms with Crippen LogP contribution in [0.4, 0.5) is 0 Å². The van der Waals surface area contributed by atoms with Crippen LogP contribution in [0, 0.1) is 0 Å². The van der Waals surface area contributed by atoms with Gasteiger partial charge in [-0.25, -0.2) is 0 Å². The van der Waals surface area contributed by atoms with Gasteiger partial charge in [0.25, 0.3) is 0 Å². The lowest BCUT2D eigenvalue weighted by molar-refractivity contribution is 0.237. The minimum Gasteiger partial charge on any atom is -0.254 e. The largest absolute Gasteiger partial charge is 0.317 e. The molecule has 0 aliphatic heterocycles. The summed E-state index contributed by atoms with van der Waals surface area (Å²) in [5.41, 5.74) is 3.81. The van der Waals surface area contributed by atoms with Crippen molar-refractivity contribution in [2.45, 2.75) is 44.4 Å². The number of nitrogens with one attached hydrogen (secondary N) is 1. The van der Waals surface area contributed by atoms with Crippen molar-refractivity contribution in [3.05, 3.63) is 42.1 Å². The first-order chi connectivity index (χ1) is 8.69. The van der Waals surface area contributed by atoms with Gasteiger partial charge in [-0.1, -0.05) is 39.5 Å². The summed E-state index contributed by atoms with van der Waals surface area (Å²) in [6.45, 7) is 11.5.